The number of hydrogen-bond donors (Lipinski definition) is 1. The molecule has 1 N–H and O–H groups in total. The molecule has 1 aromatic carbocycles. The van der Waals surface area contributed by atoms with Crippen molar-refractivity contribution in [2.24, 2.45) is 0 Å². The summed E-state index contributed by atoms with van der Waals surface area (Å²) in [4.78, 5) is 23.3. The second-order valence-electron chi connectivity index (χ2n) is 4.91. The summed E-state index contributed by atoms with van der Waals surface area (Å²) in [6.07, 6.45) is 0. The number of benzene rings is 1. The standard InChI is InChI=1S/C16H17NO8S/c1-17-26(20,21)14-8-10(4-6-12(14)22-2)15(18)24-9-11-5-7-13(25-11)16(19)23-3/h4-8,17H,9H2,1-3H3. The number of ether oxygens (including phenoxy) is 3. The topological polar surface area (TPSA) is 121 Å². The second-order valence-corrected chi connectivity index (χ2v) is 6.76. The van der Waals surface area contributed by atoms with Crippen LogP contribution in [0.4, 0.5) is 0 Å². The predicted octanol–water partition coefficient (Wildman–Crippen LogP) is 1.34. The van der Waals surface area contributed by atoms with Gasteiger partial charge in [-0.2, -0.15) is 0 Å². The maximum absolute atomic E-state index is 12.2. The van der Waals surface area contributed by atoms with Gasteiger partial charge in [-0.05, 0) is 37.4 Å². The molecule has 140 valence electrons. The van der Waals surface area contributed by atoms with Gasteiger partial charge in [0.2, 0.25) is 15.8 Å². The molecule has 2 rings (SSSR count). The molecule has 0 saturated heterocycles. The van der Waals surface area contributed by atoms with Crippen LogP contribution in [0.25, 0.3) is 0 Å². The highest BCUT2D eigenvalue weighted by atomic mass is 32.2. The Morgan fingerprint density at radius 1 is 1.12 bits per heavy atom. The first-order chi connectivity index (χ1) is 12.3. The summed E-state index contributed by atoms with van der Waals surface area (Å²) in [7, 11) is -0.0497. The molecule has 0 fully saturated rings. The number of hydrogen-bond acceptors (Lipinski definition) is 8. The van der Waals surface area contributed by atoms with Gasteiger partial charge in [0.1, 0.15) is 23.0 Å². The molecule has 2 aromatic rings. The average Bonchev–Trinajstić information content (AvgIpc) is 3.13. The average molecular weight is 383 g/mol. The molecule has 26 heavy (non-hydrogen) atoms. The van der Waals surface area contributed by atoms with Crippen LogP contribution in [0.3, 0.4) is 0 Å². The lowest BCUT2D eigenvalue weighted by Gasteiger charge is -2.10. The number of nitrogens with one attached hydrogen (secondary N) is 1. The van der Waals surface area contributed by atoms with Gasteiger partial charge in [0.05, 0.1) is 19.8 Å². The number of furan rings is 1. The van der Waals surface area contributed by atoms with Gasteiger partial charge in [-0.1, -0.05) is 0 Å². The van der Waals surface area contributed by atoms with E-state index in [4.69, 9.17) is 13.9 Å². The van der Waals surface area contributed by atoms with Crippen molar-refractivity contribution in [3.8, 4) is 5.75 Å². The number of carbonyl (C=O) groups is 2. The fourth-order valence-corrected chi connectivity index (χ4v) is 2.93. The van der Waals surface area contributed by atoms with Crippen LogP contribution in [-0.2, 0) is 26.1 Å². The fraction of sp³-hybridized carbons (Fsp3) is 0.250. The second kappa shape index (κ2) is 8.02. The predicted molar refractivity (Wildman–Crippen MR) is 88.4 cm³/mol. The summed E-state index contributed by atoms with van der Waals surface area (Å²) in [5.74, 6) is -1.12. The summed E-state index contributed by atoms with van der Waals surface area (Å²) in [5.41, 5.74) is 0.0133. The van der Waals surface area contributed by atoms with Crippen LogP contribution in [0.15, 0.2) is 39.6 Å². The molecule has 1 aromatic heterocycles. The van der Waals surface area contributed by atoms with Crippen molar-refractivity contribution in [1.29, 1.82) is 0 Å². The lowest BCUT2D eigenvalue weighted by atomic mass is 10.2. The Morgan fingerprint density at radius 3 is 2.46 bits per heavy atom. The van der Waals surface area contributed by atoms with Crippen molar-refractivity contribution in [3.05, 3.63) is 47.4 Å². The van der Waals surface area contributed by atoms with E-state index in [2.05, 4.69) is 9.46 Å². The van der Waals surface area contributed by atoms with Gasteiger partial charge in [0, 0.05) is 0 Å². The highest BCUT2D eigenvalue weighted by molar-refractivity contribution is 7.89. The summed E-state index contributed by atoms with van der Waals surface area (Å²) in [6.45, 7) is -0.240. The Balaban J connectivity index is 2.16. The van der Waals surface area contributed by atoms with Crippen molar-refractivity contribution < 1.29 is 36.6 Å². The van der Waals surface area contributed by atoms with Crippen LogP contribution < -0.4 is 9.46 Å². The van der Waals surface area contributed by atoms with Gasteiger partial charge in [-0.3, -0.25) is 0 Å². The largest absolute Gasteiger partial charge is 0.495 e. The Hall–Kier alpha value is -2.85. The first-order valence-electron chi connectivity index (χ1n) is 7.28. The maximum Gasteiger partial charge on any atom is 0.373 e. The molecule has 0 aliphatic heterocycles. The normalized spacial score (nSPS) is 11.0. The molecule has 9 nitrogen and oxygen atoms in total. The molecular formula is C16H17NO8S. The quantitative estimate of drug-likeness (QED) is 0.711. The van der Waals surface area contributed by atoms with Crippen molar-refractivity contribution in [1.82, 2.24) is 4.72 Å². The van der Waals surface area contributed by atoms with E-state index in [0.717, 1.165) is 6.07 Å². The highest BCUT2D eigenvalue weighted by Crippen LogP contribution is 2.25. The molecule has 0 radical (unpaired) electrons. The van der Waals surface area contributed by atoms with E-state index in [1.807, 2.05) is 0 Å². The van der Waals surface area contributed by atoms with E-state index in [-0.39, 0.29) is 34.3 Å². The molecule has 0 bridgehead atoms. The zero-order chi connectivity index (χ0) is 19.3. The fourth-order valence-electron chi connectivity index (χ4n) is 2.01. The smallest absolute Gasteiger partial charge is 0.373 e. The van der Waals surface area contributed by atoms with E-state index >= 15 is 0 Å². The van der Waals surface area contributed by atoms with Gasteiger partial charge in [-0.25, -0.2) is 22.7 Å². The lowest BCUT2D eigenvalue weighted by molar-refractivity contribution is 0.0438. The Kier molecular flexibility index (Phi) is 6.01. The summed E-state index contributed by atoms with van der Waals surface area (Å²) < 4.78 is 46.0. The van der Waals surface area contributed by atoms with Gasteiger partial charge in [-0.15, -0.1) is 0 Å². The Labute approximate surface area is 149 Å². The van der Waals surface area contributed by atoms with Crippen LogP contribution >= 0.6 is 0 Å². The van der Waals surface area contributed by atoms with Crippen LogP contribution in [0.1, 0.15) is 26.7 Å². The molecule has 0 amide bonds. The first kappa shape index (κ1) is 19.5. The summed E-state index contributed by atoms with van der Waals surface area (Å²) in [5, 5.41) is 0. The van der Waals surface area contributed by atoms with Crippen LogP contribution in [-0.4, -0.2) is 41.6 Å². The number of methoxy groups -OCH3 is 2. The third-order valence-electron chi connectivity index (χ3n) is 3.35. The zero-order valence-corrected chi connectivity index (χ0v) is 15.1. The third-order valence-corrected chi connectivity index (χ3v) is 4.79. The lowest BCUT2D eigenvalue weighted by Crippen LogP contribution is -2.20. The minimum absolute atomic E-state index is 0.0133. The third kappa shape index (κ3) is 4.21. The SMILES string of the molecule is CNS(=O)(=O)c1cc(C(=O)OCc2ccc(C(=O)OC)o2)ccc1OC. The summed E-state index contributed by atoms with van der Waals surface area (Å²) >= 11 is 0. The van der Waals surface area contributed by atoms with Crippen LogP contribution in [0.2, 0.25) is 0 Å². The Bertz CT molecular complexity index is 916. The Morgan fingerprint density at radius 2 is 1.85 bits per heavy atom. The van der Waals surface area contributed by atoms with Crippen LogP contribution in [0, 0.1) is 0 Å². The monoisotopic (exact) mass is 383 g/mol. The van der Waals surface area contributed by atoms with Gasteiger partial charge in [0.15, 0.2) is 0 Å². The molecule has 0 spiro atoms. The van der Waals surface area contributed by atoms with E-state index < -0.39 is 22.0 Å². The van der Waals surface area contributed by atoms with Gasteiger partial charge >= 0.3 is 11.9 Å². The molecule has 10 heteroatoms. The minimum Gasteiger partial charge on any atom is -0.495 e. The molecule has 0 atom stereocenters. The maximum atomic E-state index is 12.2. The van der Waals surface area contributed by atoms with Crippen molar-refractivity contribution in [2.45, 2.75) is 11.5 Å². The van der Waals surface area contributed by atoms with E-state index in [1.165, 1.54) is 45.5 Å². The minimum atomic E-state index is -3.83. The van der Waals surface area contributed by atoms with Crippen molar-refractivity contribution in [2.75, 3.05) is 21.3 Å². The molecule has 0 saturated carbocycles. The van der Waals surface area contributed by atoms with E-state index in [1.54, 1.807) is 0 Å². The number of esters is 2. The number of rotatable bonds is 7. The van der Waals surface area contributed by atoms with Crippen molar-refractivity contribution >= 4 is 22.0 Å². The summed E-state index contributed by atoms with van der Waals surface area (Å²) in [6, 6.07) is 6.72. The van der Waals surface area contributed by atoms with Crippen molar-refractivity contribution in [3.63, 3.8) is 0 Å². The van der Waals surface area contributed by atoms with Gasteiger partial charge < -0.3 is 18.6 Å². The molecule has 0 aliphatic carbocycles. The molecular weight excluding hydrogens is 366 g/mol. The molecule has 0 aliphatic rings. The number of sulfonamides is 1. The van der Waals surface area contributed by atoms with Crippen LogP contribution in [0.5, 0.6) is 5.75 Å². The molecule has 1 heterocycles. The van der Waals surface area contributed by atoms with Gasteiger partial charge in [0.25, 0.3) is 0 Å². The van der Waals surface area contributed by atoms with E-state index in [0.29, 0.717) is 0 Å². The molecule has 0 unspecified atom stereocenters. The zero-order valence-electron chi connectivity index (χ0n) is 14.3. The number of carbonyl (C=O) groups excluding carboxylic acids is 2. The van der Waals surface area contributed by atoms with E-state index in [9.17, 15) is 18.0 Å². The first-order valence-corrected chi connectivity index (χ1v) is 8.76. The highest BCUT2D eigenvalue weighted by Gasteiger charge is 2.21.